The molecule has 0 radical (unpaired) electrons. The molecule has 0 saturated heterocycles. The van der Waals surface area contributed by atoms with Gasteiger partial charge in [0, 0.05) is 4.47 Å². The molecule has 0 saturated carbocycles. The van der Waals surface area contributed by atoms with Crippen LogP contribution < -0.4 is 5.32 Å². The SMILES string of the molecule is CCC(C#N)C(=O)Nc1ccc(F)cc1Br. The van der Waals surface area contributed by atoms with Gasteiger partial charge in [-0.25, -0.2) is 4.39 Å². The molecule has 1 atom stereocenters. The van der Waals surface area contributed by atoms with Gasteiger partial charge in [-0.15, -0.1) is 0 Å². The van der Waals surface area contributed by atoms with Crippen LogP contribution in [0.1, 0.15) is 13.3 Å². The van der Waals surface area contributed by atoms with Crippen molar-refractivity contribution in [1.82, 2.24) is 0 Å². The Balaban J connectivity index is 2.81. The van der Waals surface area contributed by atoms with Crippen molar-refractivity contribution in [2.24, 2.45) is 5.92 Å². The monoisotopic (exact) mass is 284 g/mol. The number of amides is 1. The van der Waals surface area contributed by atoms with Crippen molar-refractivity contribution in [3.63, 3.8) is 0 Å². The van der Waals surface area contributed by atoms with Crippen LogP contribution in [0.25, 0.3) is 0 Å². The summed E-state index contributed by atoms with van der Waals surface area (Å²) >= 11 is 3.13. The predicted molar refractivity (Wildman–Crippen MR) is 62.1 cm³/mol. The van der Waals surface area contributed by atoms with Gasteiger partial charge in [0.05, 0.1) is 11.8 Å². The Bertz CT molecular complexity index is 442. The molecule has 0 aromatic heterocycles. The summed E-state index contributed by atoms with van der Waals surface area (Å²) < 4.78 is 13.2. The van der Waals surface area contributed by atoms with Crippen LogP contribution in [0.5, 0.6) is 0 Å². The summed E-state index contributed by atoms with van der Waals surface area (Å²) in [6, 6.07) is 5.84. The summed E-state index contributed by atoms with van der Waals surface area (Å²) in [6.07, 6.45) is 0.446. The van der Waals surface area contributed by atoms with Crippen molar-refractivity contribution in [2.75, 3.05) is 5.32 Å². The summed E-state index contributed by atoms with van der Waals surface area (Å²) in [5, 5.41) is 11.3. The maximum Gasteiger partial charge on any atom is 0.241 e. The number of benzene rings is 1. The molecule has 5 heteroatoms. The van der Waals surface area contributed by atoms with Gasteiger partial charge >= 0.3 is 0 Å². The second-order valence-electron chi connectivity index (χ2n) is 3.20. The van der Waals surface area contributed by atoms with E-state index in [4.69, 9.17) is 5.26 Å². The van der Waals surface area contributed by atoms with Crippen LogP contribution in [0.3, 0.4) is 0 Å². The molecule has 0 aliphatic carbocycles. The van der Waals surface area contributed by atoms with Crippen molar-refractivity contribution >= 4 is 27.5 Å². The third kappa shape index (κ3) is 3.04. The second-order valence-corrected chi connectivity index (χ2v) is 4.06. The minimum Gasteiger partial charge on any atom is -0.324 e. The van der Waals surface area contributed by atoms with Crippen LogP contribution in [0.2, 0.25) is 0 Å². The van der Waals surface area contributed by atoms with E-state index in [1.165, 1.54) is 18.2 Å². The van der Waals surface area contributed by atoms with Gasteiger partial charge < -0.3 is 5.32 Å². The minimum absolute atomic E-state index is 0.377. The number of hydrogen-bond donors (Lipinski definition) is 1. The fourth-order valence-corrected chi connectivity index (χ4v) is 1.60. The molecule has 0 aliphatic rings. The van der Waals surface area contributed by atoms with Crippen LogP contribution in [-0.4, -0.2) is 5.91 Å². The Labute approximate surface area is 101 Å². The lowest BCUT2D eigenvalue weighted by molar-refractivity contribution is -0.118. The molecule has 0 fully saturated rings. The number of nitrogens with zero attached hydrogens (tertiary/aromatic N) is 1. The van der Waals surface area contributed by atoms with Gasteiger partial charge in [0.2, 0.25) is 5.91 Å². The average Bonchev–Trinajstić information content (AvgIpc) is 2.24. The minimum atomic E-state index is -0.683. The number of carbonyl (C=O) groups excluding carboxylic acids is 1. The number of halogens is 2. The molecule has 0 aliphatic heterocycles. The third-order valence-electron chi connectivity index (χ3n) is 2.07. The quantitative estimate of drug-likeness (QED) is 0.927. The van der Waals surface area contributed by atoms with Crippen molar-refractivity contribution in [3.8, 4) is 6.07 Å². The molecule has 0 heterocycles. The van der Waals surface area contributed by atoms with Gasteiger partial charge in [0.15, 0.2) is 0 Å². The summed E-state index contributed by atoms with van der Waals surface area (Å²) in [6.45, 7) is 1.76. The average molecular weight is 285 g/mol. The Kier molecular flexibility index (Phi) is 4.44. The van der Waals surface area contributed by atoms with Crippen LogP contribution in [0.4, 0.5) is 10.1 Å². The fraction of sp³-hybridized carbons (Fsp3) is 0.273. The summed E-state index contributed by atoms with van der Waals surface area (Å²) in [5.74, 6) is -1.45. The van der Waals surface area contributed by atoms with Gasteiger partial charge in [-0.1, -0.05) is 6.92 Å². The number of nitriles is 1. The van der Waals surface area contributed by atoms with E-state index >= 15 is 0 Å². The Morgan fingerprint density at radius 1 is 1.69 bits per heavy atom. The molecule has 0 spiro atoms. The van der Waals surface area contributed by atoms with E-state index in [9.17, 15) is 9.18 Å². The van der Waals surface area contributed by atoms with Gasteiger partial charge in [-0.3, -0.25) is 4.79 Å². The van der Waals surface area contributed by atoms with Crippen molar-refractivity contribution in [2.45, 2.75) is 13.3 Å². The maximum absolute atomic E-state index is 12.8. The highest BCUT2D eigenvalue weighted by Gasteiger charge is 2.16. The first-order valence-electron chi connectivity index (χ1n) is 4.74. The zero-order valence-corrected chi connectivity index (χ0v) is 10.2. The number of hydrogen-bond acceptors (Lipinski definition) is 2. The fourth-order valence-electron chi connectivity index (χ4n) is 1.15. The van der Waals surface area contributed by atoms with E-state index in [1.54, 1.807) is 6.92 Å². The largest absolute Gasteiger partial charge is 0.324 e. The molecule has 1 N–H and O–H groups in total. The smallest absolute Gasteiger partial charge is 0.241 e. The third-order valence-corrected chi connectivity index (χ3v) is 2.73. The lowest BCUT2D eigenvalue weighted by Crippen LogP contribution is -2.21. The number of carbonyl (C=O) groups is 1. The van der Waals surface area contributed by atoms with Crippen molar-refractivity contribution in [1.29, 1.82) is 5.26 Å². The van der Waals surface area contributed by atoms with E-state index in [0.717, 1.165) is 0 Å². The molecule has 1 aromatic rings. The Hall–Kier alpha value is -1.41. The van der Waals surface area contributed by atoms with Crippen LogP contribution in [0, 0.1) is 23.1 Å². The zero-order valence-electron chi connectivity index (χ0n) is 8.63. The van der Waals surface area contributed by atoms with E-state index < -0.39 is 11.7 Å². The van der Waals surface area contributed by atoms with Crippen molar-refractivity contribution in [3.05, 3.63) is 28.5 Å². The first kappa shape index (κ1) is 12.7. The van der Waals surface area contributed by atoms with E-state index in [-0.39, 0.29) is 5.91 Å². The van der Waals surface area contributed by atoms with E-state index in [0.29, 0.717) is 16.6 Å². The molecular formula is C11H10BrFN2O. The van der Waals surface area contributed by atoms with Gasteiger partial charge in [-0.2, -0.15) is 5.26 Å². The summed E-state index contributed by atoms with van der Waals surface area (Å²) in [7, 11) is 0. The molecular weight excluding hydrogens is 275 g/mol. The second kappa shape index (κ2) is 5.61. The van der Waals surface area contributed by atoms with Crippen molar-refractivity contribution < 1.29 is 9.18 Å². The number of nitrogens with one attached hydrogen (secondary N) is 1. The number of rotatable bonds is 3. The topological polar surface area (TPSA) is 52.9 Å². The standard InChI is InChI=1S/C11H10BrFN2O/c1-2-7(6-14)11(16)15-10-4-3-8(13)5-9(10)12/h3-5,7H,2H2,1H3,(H,15,16). The van der Waals surface area contributed by atoms with Gasteiger partial charge in [0.25, 0.3) is 0 Å². The molecule has 1 unspecified atom stereocenters. The van der Waals surface area contributed by atoms with Crippen LogP contribution in [-0.2, 0) is 4.79 Å². The van der Waals surface area contributed by atoms with E-state index in [2.05, 4.69) is 21.2 Å². The van der Waals surface area contributed by atoms with Crippen LogP contribution in [0.15, 0.2) is 22.7 Å². The lowest BCUT2D eigenvalue weighted by atomic mass is 10.1. The molecule has 16 heavy (non-hydrogen) atoms. The van der Waals surface area contributed by atoms with Gasteiger partial charge in [-0.05, 0) is 40.5 Å². The van der Waals surface area contributed by atoms with Crippen LogP contribution >= 0.6 is 15.9 Å². The first-order valence-corrected chi connectivity index (χ1v) is 5.53. The predicted octanol–water partition coefficient (Wildman–Crippen LogP) is 3.08. The summed E-state index contributed by atoms with van der Waals surface area (Å²) in [5.41, 5.74) is 0.458. The lowest BCUT2D eigenvalue weighted by Gasteiger charge is -2.09. The molecule has 1 amide bonds. The highest BCUT2D eigenvalue weighted by atomic mass is 79.9. The Morgan fingerprint density at radius 2 is 2.38 bits per heavy atom. The first-order chi connectivity index (χ1) is 7.58. The number of anilines is 1. The van der Waals surface area contributed by atoms with E-state index in [1.807, 2.05) is 6.07 Å². The zero-order chi connectivity index (χ0) is 12.1. The molecule has 0 bridgehead atoms. The summed E-state index contributed by atoms with van der Waals surface area (Å²) in [4.78, 5) is 11.6. The van der Waals surface area contributed by atoms with Gasteiger partial charge in [0.1, 0.15) is 11.7 Å². The highest BCUT2D eigenvalue weighted by molar-refractivity contribution is 9.10. The molecule has 3 nitrogen and oxygen atoms in total. The molecule has 1 aromatic carbocycles. The maximum atomic E-state index is 12.8. The highest BCUT2D eigenvalue weighted by Crippen LogP contribution is 2.23. The Morgan fingerprint density at radius 3 is 2.88 bits per heavy atom. The molecule has 1 rings (SSSR count). The normalized spacial score (nSPS) is 11.6. The molecule has 84 valence electrons.